The number of amides is 1. The van der Waals surface area contributed by atoms with Crippen LogP contribution in [0.2, 0.25) is 0 Å². The number of thiocarbonyl (C=S) groups is 1. The molecular formula is C27H25N3O2S. The van der Waals surface area contributed by atoms with Crippen molar-refractivity contribution in [2.24, 2.45) is 0 Å². The normalized spacial score (nSPS) is 12.1. The van der Waals surface area contributed by atoms with E-state index in [9.17, 15) is 4.79 Å². The third-order valence-electron chi connectivity index (χ3n) is 5.42. The largest absolute Gasteiger partial charge is 0.436 e. The average Bonchev–Trinajstić information content (AvgIpc) is 3.26. The van der Waals surface area contributed by atoms with Crippen LogP contribution in [0.1, 0.15) is 37.3 Å². The minimum atomic E-state index is -0.302. The molecule has 1 atom stereocenters. The van der Waals surface area contributed by atoms with Gasteiger partial charge in [-0.25, -0.2) is 4.98 Å². The highest BCUT2D eigenvalue weighted by Crippen LogP contribution is 2.29. The van der Waals surface area contributed by atoms with Crippen molar-refractivity contribution in [2.45, 2.75) is 26.2 Å². The van der Waals surface area contributed by atoms with Crippen molar-refractivity contribution < 1.29 is 9.21 Å². The molecule has 6 heteroatoms. The van der Waals surface area contributed by atoms with Crippen LogP contribution in [0.25, 0.3) is 28.6 Å². The molecule has 4 aromatic rings. The Morgan fingerprint density at radius 2 is 1.91 bits per heavy atom. The van der Waals surface area contributed by atoms with Crippen molar-refractivity contribution >= 4 is 46.1 Å². The van der Waals surface area contributed by atoms with Gasteiger partial charge in [-0.1, -0.05) is 56.3 Å². The topological polar surface area (TPSA) is 67.2 Å². The zero-order valence-corrected chi connectivity index (χ0v) is 19.4. The Bertz CT molecular complexity index is 1310. The number of hydrogen-bond donors (Lipinski definition) is 2. The maximum atomic E-state index is 12.2. The molecule has 0 aliphatic rings. The Hall–Kier alpha value is -3.77. The number of fused-ring (bicyclic) bond motifs is 1. The van der Waals surface area contributed by atoms with Crippen molar-refractivity contribution in [3.05, 3.63) is 90.0 Å². The van der Waals surface area contributed by atoms with E-state index in [0.29, 0.717) is 11.8 Å². The molecule has 1 heterocycles. The van der Waals surface area contributed by atoms with E-state index in [-0.39, 0.29) is 11.0 Å². The van der Waals surface area contributed by atoms with Gasteiger partial charge >= 0.3 is 0 Å². The van der Waals surface area contributed by atoms with E-state index >= 15 is 0 Å². The Morgan fingerprint density at radius 3 is 2.70 bits per heavy atom. The van der Waals surface area contributed by atoms with Gasteiger partial charge in [-0.05, 0) is 72.1 Å². The van der Waals surface area contributed by atoms with Gasteiger partial charge in [0.15, 0.2) is 10.7 Å². The maximum Gasteiger partial charge on any atom is 0.250 e. The first kappa shape index (κ1) is 22.4. The zero-order chi connectivity index (χ0) is 23.2. The lowest BCUT2D eigenvalue weighted by Crippen LogP contribution is -2.32. The molecule has 0 spiro atoms. The van der Waals surface area contributed by atoms with E-state index in [2.05, 4.69) is 41.6 Å². The van der Waals surface area contributed by atoms with Crippen molar-refractivity contribution in [1.82, 2.24) is 10.3 Å². The van der Waals surface area contributed by atoms with Crippen molar-refractivity contribution in [1.29, 1.82) is 0 Å². The van der Waals surface area contributed by atoms with Gasteiger partial charge in [-0.2, -0.15) is 0 Å². The first-order valence-corrected chi connectivity index (χ1v) is 11.3. The summed E-state index contributed by atoms with van der Waals surface area (Å²) < 4.78 is 5.97. The van der Waals surface area contributed by atoms with E-state index in [0.717, 1.165) is 34.3 Å². The Balaban J connectivity index is 1.44. The van der Waals surface area contributed by atoms with Gasteiger partial charge in [0, 0.05) is 17.3 Å². The van der Waals surface area contributed by atoms with Crippen LogP contribution in [0.5, 0.6) is 0 Å². The van der Waals surface area contributed by atoms with Gasteiger partial charge in [0.1, 0.15) is 5.52 Å². The number of hydrogen-bond acceptors (Lipinski definition) is 4. The number of oxazole rings is 1. The molecule has 0 fully saturated rings. The number of carbonyl (C=O) groups excluding carboxylic acids is 1. The molecule has 1 amide bonds. The molecular weight excluding hydrogens is 430 g/mol. The third-order valence-corrected chi connectivity index (χ3v) is 5.63. The molecule has 0 saturated heterocycles. The zero-order valence-electron chi connectivity index (χ0n) is 18.5. The summed E-state index contributed by atoms with van der Waals surface area (Å²) in [6.07, 6.45) is 4.26. The average molecular weight is 456 g/mol. The predicted octanol–water partition coefficient (Wildman–Crippen LogP) is 6.53. The number of aromatic nitrogens is 1. The van der Waals surface area contributed by atoms with Crippen LogP contribution >= 0.6 is 12.2 Å². The van der Waals surface area contributed by atoms with E-state index < -0.39 is 0 Å². The summed E-state index contributed by atoms with van der Waals surface area (Å²) in [6.45, 7) is 4.38. The number of rotatable bonds is 6. The highest BCUT2D eigenvalue weighted by atomic mass is 32.1. The summed E-state index contributed by atoms with van der Waals surface area (Å²) in [6, 6.07) is 23.3. The van der Waals surface area contributed by atoms with E-state index in [1.54, 1.807) is 6.08 Å². The lowest BCUT2D eigenvalue weighted by atomic mass is 9.98. The second-order valence-electron chi connectivity index (χ2n) is 7.82. The molecule has 0 radical (unpaired) electrons. The van der Waals surface area contributed by atoms with Crippen LogP contribution in [0, 0.1) is 0 Å². The molecule has 2 N–H and O–H groups in total. The molecule has 0 unspecified atom stereocenters. The highest BCUT2D eigenvalue weighted by Gasteiger charge is 2.12. The first-order chi connectivity index (χ1) is 16.0. The number of carbonyl (C=O) groups is 1. The fourth-order valence-electron chi connectivity index (χ4n) is 3.39. The van der Waals surface area contributed by atoms with Crippen LogP contribution in [-0.2, 0) is 4.79 Å². The summed E-state index contributed by atoms with van der Waals surface area (Å²) in [7, 11) is 0. The number of nitrogens with one attached hydrogen (secondary N) is 2. The number of benzene rings is 3. The quantitative estimate of drug-likeness (QED) is 0.255. The lowest BCUT2D eigenvalue weighted by Gasteiger charge is -2.08. The molecule has 0 aliphatic heterocycles. The van der Waals surface area contributed by atoms with E-state index in [1.165, 1.54) is 11.6 Å². The molecule has 4 rings (SSSR count). The Labute approximate surface area is 198 Å². The van der Waals surface area contributed by atoms with Crippen LogP contribution < -0.4 is 10.6 Å². The molecule has 0 aliphatic carbocycles. The maximum absolute atomic E-state index is 12.2. The molecule has 3 aromatic carbocycles. The summed E-state index contributed by atoms with van der Waals surface area (Å²) in [5.74, 6) is 0.708. The molecule has 0 saturated carbocycles. The van der Waals surface area contributed by atoms with Crippen LogP contribution in [0.4, 0.5) is 5.69 Å². The van der Waals surface area contributed by atoms with Crippen LogP contribution in [0.3, 0.4) is 0 Å². The number of nitrogens with zero attached hydrogens (tertiary/aromatic N) is 1. The predicted molar refractivity (Wildman–Crippen MR) is 138 cm³/mol. The monoisotopic (exact) mass is 455 g/mol. The van der Waals surface area contributed by atoms with Gasteiger partial charge in [0.25, 0.3) is 0 Å². The van der Waals surface area contributed by atoms with Gasteiger partial charge in [0.2, 0.25) is 11.8 Å². The third kappa shape index (κ3) is 5.73. The summed E-state index contributed by atoms with van der Waals surface area (Å²) >= 11 is 5.29. The van der Waals surface area contributed by atoms with Gasteiger partial charge in [-0.3, -0.25) is 10.1 Å². The first-order valence-electron chi connectivity index (χ1n) is 10.9. The fourth-order valence-corrected chi connectivity index (χ4v) is 3.61. The van der Waals surface area contributed by atoms with Gasteiger partial charge in [0.05, 0.1) is 0 Å². The minimum Gasteiger partial charge on any atom is -0.436 e. The van der Waals surface area contributed by atoms with Crippen LogP contribution in [-0.4, -0.2) is 16.0 Å². The summed E-state index contributed by atoms with van der Waals surface area (Å²) in [4.78, 5) is 16.8. The summed E-state index contributed by atoms with van der Waals surface area (Å²) in [5, 5.41) is 5.91. The molecule has 5 nitrogen and oxygen atoms in total. The lowest BCUT2D eigenvalue weighted by molar-refractivity contribution is -0.115. The van der Waals surface area contributed by atoms with E-state index in [4.69, 9.17) is 16.6 Å². The van der Waals surface area contributed by atoms with Gasteiger partial charge in [-0.15, -0.1) is 0 Å². The molecule has 1 aromatic heterocycles. The molecule has 0 bridgehead atoms. The smallest absolute Gasteiger partial charge is 0.250 e. The van der Waals surface area contributed by atoms with Crippen molar-refractivity contribution in [3.8, 4) is 11.5 Å². The number of anilines is 1. The summed E-state index contributed by atoms with van der Waals surface area (Å²) in [5.41, 5.74) is 5.33. The molecule has 33 heavy (non-hydrogen) atoms. The SMILES string of the molecule is CC[C@H](C)c1ccc2oc(-c3cccc(NC(=S)NC(=O)/C=C/c4ccccc4)c3)nc2c1. The van der Waals surface area contributed by atoms with E-state index in [1.807, 2.05) is 60.7 Å². The second kappa shape index (κ2) is 10.2. The van der Waals surface area contributed by atoms with Crippen LogP contribution in [0.15, 0.2) is 83.3 Å². The van der Waals surface area contributed by atoms with Crippen molar-refractivity contribution in [3.63, 3.8) is 0 Å². The van der Waals surface area contributed by atoms with Crippen molar-refractivity contribution in [2.75, 3.05) is 5.32 Å². The molecule has 166 valence electrons. The Kier molecular flexibility index (Phi) is 6.95. The highest BCUT2D eigenvalue weighted by molar-refractivity contribution is 7.80. The van der Waals surface area contributed by atoms with Gasteiger partial charge < -0.3 is 9.73 Å². The Morgan fingerprint density at radius 1 is 1.09 bits per heavy atom. The fraction of sp³-hybridized carbons (Fsp3) is 0.148. The second-order valence-corrected chi connectivity index (χ2v) is 8.23. The minimum absolute atomic E-state index is 0.214. The standard InChI is InChI=1S/C27H25N3O2S/c1-3-18(2)20-13-14-24-23(17-20)29-26(32-24)21-10-7-11-22(16-21)28-27(33)30-25(31)15-12-19-8-5-4-6-9-19/h4-18H,3H2,1-2H3,(H2,28,30,31,33)/b15-12+/t18-/m0/s1.